The number of rotatable bonds is 10. The van der Waals surface area contributed by atoms with Crippen LogP contribution in [0.5, 0.6) is 0 Å². The van der Waals surface area contributed by atoms with Crippen molar-refractivity contribution in [1.29, 1.82) is 0 Å². The highest BCUT2D eigenvalue weighted by Gasteiger charge is 2.13. The van der Waals surface area contributed by atoms with E-state index in [0.717, 1.165) is 30.7 Å². The van der Waals surface area contributed by atoms with Gasteiger partial charge in [-0.1, -0.05) is 38.5 Å². The molecule has 0 bridgehead atoms. The van der Waals surface area contributed by atoms with Gasteiger partial charge < -0.3 is 15.5 Å². The van der Waals surface area contributed by atoms with Crippen LogP contribution < -0.4 is 10.6 Å². The number of hydrogen-bond donors (Lipinski definition) is 2. The maximum Gasteiger partial charge on any atom is 0.243 e. The average molecular weight is 343 g/mol. The smallest absolute Gasteiger partial charge is 0.243 e. The zero-order valence-corrected chi connectivity index (χ0v) is 15.9. The molecule has 1 fully saturated rings. The van der Waals surface area contributed by atoms with E-state index in [1.165, 1.54) is 44.9 Å². The summed E-state index contributed by atoms with van der Waals surface area (Å²) in [7, 11) is 3.52. The molecule has 1 rings (SSSR count). The monoisotopic (exact) mass is 342 g/mol. The van der Waals surface area contributed by atoms with Crippen LogP contribution in [0, 0.1) is 5.92 Å². The van der Waals surface area contributed by atoms with Crippen molar-refractivity contribution >= 4 is 23.6 Å². The lowest BCUT2D eigenvalue weighted by Gasteiger charge is -2.14. The summed E-state index contributed by atoms with van der Waals surface area (Å²) in [6.45, 7) is 1.99. The summed E-state index contributed by atoms with van der Waals surface area (Å²) >= 11 is 1.80. The van der Waals surface area contributed by atoms with Crippen LogP contribution in [0.1, 0.15) is 44.9 Å². The zero-order valence-electron chi connectivity index (χ0n) is 15.1. The third-order valence-corrected chi connectivity index (χ3v) is 4.89. The van der Waals surface area contributed by atoms with Crippen LogP contribution in [0.25, 0.3) is 0 Å². The lowest BCUT2D eigenvalue weighted by molar-refractivity contribution is -0.127. The van der Waals surface area contributed by atoms with Crippen LogP contribution in [0.15, 0.2) is 4.99 Å². The maximum atomic E-state index is 11.7. The Labute approximate surface area is 146 Å². The third kappa shape index (κ3) is 9.74. The Bertz CT molecular complexity index is 355. The van der Waals surface area contributed by atoms with Gasteiger partial charge in [-0.25, -0.2) is 4.99 Å². The van der Waals surface area contributed by atoms with Gasteiger partial charge in [0.25, 0.3) is 0 Å². The average Bonchev–Trinajstić information content (AvgIpc) is 3.04. The van der Waals surface area contributed by atoms with Crippen LogP contribution >= 0.6 is 11.8 Å². The Kier molecular flexibility index (Phi) is 10.9. The predicted molar refractivity (Wildman–Crippen MR) is 101 cm³/mol. The molecule has 0 atom stereocenters. The number of nitrogens with one attached hydrogen (secondary N) is 2. The van der Waals surface area contributed by atoms with Crippen molar-refractivity contribution in [2.75, 3.05) is 45.7 Å². The first-order chi connectivity index (χ1) is 11.1. The first-order valence-corrected chi connectivity index (χ1v) is 10.2. The molecule has 0 aliphatic heterocycles. The minimum absolute atomic E-state index is 0.0252. The predicted octanol–water partition coefficient (Wildman–Crippen LogP) is 2.33. The molecular weight excluding hydrogens is 308 g/mol. The van der Waals surface area contributed by atoms with Gasteiger partial charge in [0.1, 0.15) is 6.54 Å². The Morgan fingerprint density at radius 1 is 1.17 bits per heavy atom. The van der Waals surface area contributed by atoms with Crippen molar-refractivity contribution in [1.82, 2.24) is 15.5 Å². The van der Waals surface area contributed by atoms with Crippen LogP contribution in [0.3, 0.4) is 0 Å². The summed E-state index contributed by atoms with van der Waals surface area (Å²) in [5.41, 5.74) is 0. The molecule has 134 valence electrons. The number of nitrogens with zero attached hydrogens (tertiary/aromatic N) is 2. The minimum Gasteiger partial charge on any atom is -0.356 e. The Morgan fingerprint density at radius 3 is 2.52 bits per heavy atom. The summed E-state index contributed by atoms with van der Waals surface area (Å²) in [5, 5.41) is 6.65. The molecular formula is C17H34N4OS. The number of guanidine groups is 1. The molecule has 0 heterocycles. The van der Waals surface area contributed by atoms with Crippen LogP contribution in [0.4, 0.5) is 0 Å². The molecule has 2 N–H and O–H groups in total. The van der Waals surface area contributed by atoms with E-state index in [0.29, 0.717) is 0 Å². The first-order valence-electron chi connectivity index (χ1n) is 8.84. The van der Waals surface area contributed by atoms with Crippen LogP contribution in [0.2, 0.25) is 0 Å². The molecule has 6 heteroatoms. The van der Waals surface area contributed by atoms with E-state index < -0.39 is 0 Å². The summed E-state index contributed by atoms with van der Waals surface area (Å²) in [4.78, 5) is 17.6. The fourth-order valence-corrected chi connectivity index (χ4v) is 3.10. The van der Waals surface area contributed by atoms with Crippen molar-refractivity contribution < 1.29 is 4.79 Å². The molecule has 0 aromatic carbocycles. The summed E-state index contributed by atoms with van der Waals surface area (Å²) in [5.74, 6) is 2.79. The number of likely N-dealkylation sites (N-methyl/N-ethyl adjacent to an activating group) is 1. The standard InChI is InChI=1S/C17H34N4OS/c1-21(2)16(22)14-20-17(19-12-13-23-3)18-11-7-6-10-15-8-4-5-9-15/h15H,4-14H2,1-3H3,(H2,18,19,20). The van der Waals surface area contributed by atoms with E-state index >= 15 is 0 Å². The molecule has 0 aromatic rings. The van der Waals surface area contributed by atoms with Crippen molar-refractivity contribution in [3.8, 4) is 0 Å². The molecule has 1 amide bonds. The molecule has 23 heavy (non-hydrogen) atoms. The van der Waals surface area contributed by atoms with E-state index in [1.54, 1.807) is 30.8 Å². The topological polar surface area (TPSA) is 56.7 Å². The molecule has 1 aliphatic carbocycles. The summed E-state index contributed by atoms with van der Waals surface area (Å²) < 4.78 is 0. The maximum absolute atomic E-state index is 11.7. The van der Waals surface area contributed by atoms with Gasteiger partial charge >= 0.3 is 0 Å². The summed E-state index contributed by atoms with van der Waals surface area (Å²) in [6.07, 6.45) is 11.6. The van der Waals surface area contributed by atoms with E-state index in [9.17, 15) is 4.79 Å². The van der Waals surface area contributed by atoms with Gasteiger partial charge in [-0.2, -0.15) is 11.8 Å². The molecule has 5 nitrogen and oxygen atoms in total. The zero-order chi connectivity index (χ0) is 16.9. The second kappa shape index (κ2) is 12.5. The van der Waals surface area contributed by atoms with E-state index in [4.69, 9.17) is 0 Å². The number of carbonyl (C=O) groups excluding carboxylic acids is 1. The quantitative estimate of drug-likeness (QED) is 0.363. The second-order valence-corrected chi connectivity index (χ2v) is 7.43. The molecule has 0 saturated heterocycles. The van der Waals surface area contributed by atoms with Crippen molar-refractivity contribution in [3.63, 3.8) is 0 Å². The molecule has 0 radical (unpaired) electrons. The van der Waals surface area contributed by atoms with Crippen molar-refractivity contribution in [3.05, 3.63) is 0 Å². The van der Waals surface area contributed by atoms with E-state index in [1.807, 2.05) is 0 Å². The SMILES string of the molecule is CSCCNC(=NCC(=O)N(C)C)NCCCCC1CCCC1. The van der Waals surface area contributed by atoms with Gasteiger partial charge in [0.15, 0.2) is 5.96 Å². The second-order valence-electron chi connectivity index (χ2n) is 6.45. The number of carbonyl (C=O) groups is 1. The summed E-state index contributed by atoms with van der Waals surface area (Å²) in [6, 6.07) is 0. The van der Waals surface area contributed by atoms with E-state index in [-0.39, 0.29) is 12.5 Å². The van der Waals surface area contributed by atoms with Crippen LogP contribution in [-0.2, 0) is 4.79 Å². The van der Waals surface area contributed by atoms with Gasteiger partial charge in [0, 0.05) is 32.9 Å². The number of aliphatic imine (C=N–C) groups is 1. The van der Waals surface area contributed by atoms with Crippen molar-refractivity contribution in [2.45, 2.75) is 44.9 Å². The Morgan fingerprint density at radius 2 is 1.87 bits per heavy atom. The fourth-order valence-electron chi connectivity index (χ4n) is 2.80. The normalized spacial score (nSPS) is 15.7. The molecule has 0 spiro atoms. The van der Waals surface area contributed by atoms with E-state index in [2.05, 4.69) is 21.9 Å². The largest absolute Gasteiger partial charge is 0.356 e. The first kappa shape index (κ1) is 20.1. The van der Waals surface area contributed by atoms with Gasteiger partial charge in [-0.15, -0.1) is 0 Å². The Hall–Kier alpha value is -0.910. The lowest BCUT2D eigenvalue weighted by Crippen LogP contribution is -2.40. The van der Waals surface area contributed by atoms with Gasteiger partial charge in [-0.3, -0.25) is 4.79 Å². The van der Waals surface area contributed by atoms with Gasteiger partial charge in [0.05, 0.1) is 0 Å². The third-order valence-electron chi connectivity index (χ3n) is 4.28. The minimum atomic E-state index is 0.0252. The van der Waals surface area contributed by atoms with Gasteiger partial charge in [-0.05, 0) is 18.6 Å². The number of unbranched alkanes of at least 4 members (excludes halogenated alkanes) is 1. The number of amides is 1. The fraction of sp³-hybridized carbons (Fsp3) is 0.882. The highest BCUT2D eigenvalue weighted by molar-refractivity contribution is 7.98. The molecule has 0 unspecified atom stereocenters. The highest BCUT2D eigenvalue weighted by atomic mass is 32.2. The van der Waals surface area contributed by atoms with Crippen molar-refractivity contribution in [2.24, 2.45) is 10.9 Å². The van der Waals surface area contributed by atoms with Crippen LogP contribution in [-0.4, -0.2) is 62.5 Å². The molecule has 1 aliphatic rings. The molecule has 1 saturated carbocycles. The Balaban J connectivity index is 2.24. The highest BCUT2D eigenvalue weighted by Crippen LogP contribution is 2.28. The number of thioether (sulfide) groups is 1. The lowest BCUT2D eigenvalue weighted by atomic mass is 10.0. The molecule has 0 aromatic heterocycles. The number of hydrogen-bond acceptors (Lipinski definition) is 3. The van der Waals surface area contributed by atoms with Gasteiger partial charge in [0.2, 0.25) is 5.91 Å².